The lowest BCUT2D eigenvalue weighted by Crippen LogP contribution is -2.07. The smallest absolute Gasteiger partial charge is 0.356 e. The summed E-state index contributed by atoms with van der Waals surface area (Å²) in [5.74, 6) is -0.472. The van der Waals surface area contributed by atoms with Crippen LogP contribution in [0.1, 0.15) is 17.4 Å². The van der Waals surface area contributed by atoms with Crippen molar-refractivity contribution >= 4 is 17.6 Å². The van der Waals surface area contributed by atoms with Crippen LogP contribution in [0.4, 0.5) is 0 Å². The first-order valence-corrected chi connectivity index (χ1v) is 5.84. The van der Waals surface area contributed by atoms with Crippen LogP contribution in [-0.4, -0.2) is 22.5 Å². The maximum atomic E-state index is 11.5. The highest BCUT2D eigenvalue weighted by atomic mass is 35.5. The fourth-order valence-corrected chi connectivity index (χ4v) is 1.76. The Morgan fingerprint density at radius 3 is 2.61 bits per heavy atom. The summed E-state index contributed by atoms with van der Waals surface area (Å²) in [4.78, 5) is 19.5. The molecule has 92 valence electrons. The largest absolute Gasteiger partial charge is 0.461 e. The van der Waals surface area contributed by atoms with Crippen LogP contribution in [0.5, 0.6) is 0 Å². The van der Waals surface area contributed by atoms with Gasteiger partial charge in [0.05, 0.1) is 6.61 Å². The molecule has 0 saturated heterocycles. The summed E-state index contributed by atoms with van der Waals surface area (Å²) < 4.78 is 4.86. The van der Waals surface area contributed by atoms with Crippen molar-refractivity contribution in [3.05, 3.63) is 47.5 Å². The van der Waals surface area contributed by atoms with E-state index in [1.54, 1.807) is 31.5 Å². The summed E-state index contributed by atoms with van der Waals surface area (Å²) in [7, 11) is 0. The van der Waals surface area contributed by atoms with E-state index in [2.05, 4.69) is 9.97 Å². The van der Waals surface area contributed by atoms with Crippen LogP contribution in [0.3, 0.4) is 0 Å². The van der Waals surface area contributed by atoms with E-state index >= 15 is 0 Å². The van der Waals surface area contributed by atoms with Gasteiger partial charge < -0.3 is 4.74 Å². The second-order valence-electron chi connectivity index (χ2n) is 3.49. The average molecular weight is 263 g/mol. The van der Waals surface area contributed by atoms with Crippen molar-refractivity contribution in [2.75, 3.05) is 6.61 Å². The monoisotopic (exact) mass is 262 g/mol. The molecular weight excluding hydrogens is 252 g/mol. The van der Waals surface area contributed by atoms with Crippen molar-refractivity contribution in [2.45, 2.75) is 6.92 Å². The van der Waals surface area contributed by atoms with Crippen molar-refractivity contribution in [3.8, 4) is 11.1 Å². The van der Waals surface area contributed by atoms with Crippen molar-refractivity contribution in [1.82, 2.24) is 9.97 Å². The number of nitrogens with zero attached hydrogens (tertiary/aromatic N) is 2. The molecule has 2 aromatic rings. The highest BCUT2D eigenvalue weighted by Gasteiger charge is 2.12. The van der Waals surface area contributed by atoms with Crippen molar-refractivity contribution in [1.29, 1.82) is 0 Å². The minimum Gasteiger partial charge on any atom is -0.461 e. The van der Waals surface area contributed by atoms with Crippen LogP contribution in [0.25, 0.3) is 11.1 Å². The first-order chi connectivity index (χ1) is 8.72. The van der Waals surface area contributed by atoms with E-state index in [0.29, 0.717) is 6.61 Å². The fourth-order valence-electron chi connectivity index (χ4n) is 1.50. The minimum absolute atomic E-state index is 0.208. The maximum absolute atomic E-state index is 11.5. The lowest BCUT2D eigenvalue weighted by molar-refractivity contribution is 0.0519. The van der Waals surface area contributed by atoms with E-state index in [1.807, 2.05) is 12.1 Å². The molecule has 0 atom stereocenters. The van der Waals surface area contributed by atoms with Crippen LogP contribution in [-0.2, 0) is 4.74 Å². The Kier molecular flexibility index (Phi) is 3.89. The van der Waals surface area contributed by atoms with Crippen molar-refractivity contribution in [2.24, 2.45) is 0 Å². The van der Waals surface area contributed by atoms with Gasteiger partial charge >= 0.3 is 5.97 Å². The quantitative estimate of drug-likeness (QED) is 0.630. The van der Waals surface area contributed by atoms with Gasteiger partial charge in [-0.3, -0.25) is 4.98 Å². The third kappa shape index (κ3) is 2.65. The van der Waals surface area contributed by atoms with Gasteiger partial charge in [0.25, 0.3) is 0 Å². The molecule has 0 fully saturated rings. The molecule has 0 aromatic carbocycles. The molecule has 4 nitrogen and oxygen atoms in total. The summed E-state index contributed by atoms with van der Waals surface area (Å²) in [5, 5.41) is 0.270. The van der Waals surface area contributed by atoms with E-state index in [-0.39, 0.29) is 10.8 Å². The number of halogens is 1. The van der Waals surface area contributed by atoms with Gasteiger partial charge in [-0.05, 0) is 36.8 Å². The first kappa shape index (κ1) is 12.5. The predicted molar refractivity (Wildman–Crippen MR) is 68.4 cm³/mol. The Morgan fingerprint density at radius 2 is 2.00 bits per heavy atom. The summed E-state index contributed by atoms with van der Waals surface area (Å²) in [6.45, 7) is 2.05. The molecule has 5 heteroatoms. The number of rotatable bonds is 3. The molecule has 0 amide bonds. The van der Waals surface area contributed by atoms with Gasteiger partial charge in [0.1, 0.15) is 10.8 Å². The number of esters is 1. The van der Waals surface area contributed by atoms with E-state index in [0.717, 1.165) is 11.1 Å². The first-order valence-electron chi connectivity index (χ1n) is 5.46. The maximum Gasteiger partial charge on any atom is 0.356 e. The summed E-state index contributed by atoms with van der Waals surface area (Å²) >= 11 is 6.07. The minimum atomic E-state index is -0.472. The van der Waals surface area contributed by atoms with Gasteiger partial charge in [-0.25, -0.2) is 9.78 Å². The van der Waals surface area contributed by atoms with Crippen molar-refractivity contribution < 1.29 is 9.53 Å². The number of hydrogen-bond donors (Lipinski definition) is 0. The number of hydrogen-bond acceptors (Lipinski definition) is 4. The second kappa shape index (κ2) is 5.60. The van der Waals surface area contributed by atoms with E-state index in [1.165, 1.54) is 0 Å². The molecule has 2 heterocycles. The zero-order valence-electron chi connectivity index (χ0n) is 9.76. The number of carbonyl (C=O) groups excluding carboxylic acids is 1. The Bertz CT molecular complexity index is 558. The topological polar surface area (TPSA) is 52.1 Å². The average Bonchev–Trinajstić information content (AvgIpc) is 2.40. The molecule has 0 aliphatic heterocycles. The third-order valence-electron chi connectivity index (χ3n) is 2.32. The Balaban J connectivity index is 2.34. The van der Waals surface area contributed by atoms with Crippen molar-refractivity contribution in [3.63, 3.8) is 0 Å². The number of aromatic nitrogens is 2. The molecule has 2 rings (SSSR count). The molecule has 0 unspecified atom stereocenters. The number of ether oxygens (including phenoxy) is 1. The summed E-state index contributed by atoms with van der Waals surface area (Å²) in [5.41, 5.74) is 1.87. The zero-order valence-corrected chi connectivity index (χ0v) is 10.5. The van der Waals surface area contributed by atoms with Gasteiger partial charge in [0, 0.05) is 18.0 Å². The van der Waals surface area contributed by atoms with Crippen LogP contribution in [0.15, 0.2) is 36.7 Å². The number of carbonyl (C=O) groups is 1. The molecule has 0 aliphatic rings. The van der Waals surface area contributed by atoms with Gasteiger partial charge in [-0.2, -0.15) is 0 Å². The predicted octanol–water partition coefficient (Wildman–Crippen LogP) is 2.97. The zero-order chi connectivity index (χ0) is 13.0. The van der Waals surface area contributed by atoms with Gasteiger partial charge in [0.15, 0.2) is 0 Å². The standard InChI is InChI=1S/C13H11ClN2O2/c1-2-18-13(17)11-4-3-10(12(14)16-11)9-5-7-15-8-6-9/h3-8H,2H2,1H3. The van der Waals surface area contributed by atoms with Gasteiger partial charge in [-0.1, -0.05) is 11.6 Å². The molecule has 0 saturated carbocycles. The van der Waals surface area contributed by atoms with E-state index < -0.39 is 5.97 Å². The van der Waals surface area contributed by atoms with Crippen LogP contribution in [0.2, 0.25) is 5.15 Å². The molecular formula is C13H11ClN2O2. The van der Waals surface area contributed by atoms with E-state index in [9.17, 15) is 4.79 Å². The second-order valence-corrected chi connectivity index (χ2v) is 3.85. The highest BCUT2D eigenvalue weighted by Crippen LogP contribution is 2.25. The SMILES string of the molecule is CCOC(=O)c1ccc(-c2ccncc2)c(Cl)n1. The third-order valence-corrected chi connectivity index (χ3v) is 2.61. The molecule has 0 radical (unpaired) electrons. The Labute approximate surface area is 110 Å². The van der Waals surface area contributed by atoms with E-state index in [4.69, 9.17) is 16.3 Å². The van der Waals surface area contributed by atoms with Gasteiger partial charge in [-0.15, -0.1) is 0 Å². The Morgan fingerprint density at radius 1 is 1.28 bits per heavy atom. The highest BCUT2D eigenvalue weighted by molar-refractivity contribution is 6.32. The fraction of sp³-hybridized carbons (Fsp3) is 0.154. The molecule has 2 aromatic heterocycles. The van der Waals surface area contributed by atoms with Crippen LogP contribution >= 0.6 is 11.6 Å². The summed E-state index contributed by atoms with van der Waals surface area (Å²) in [6.07, 6.45) is 3.34. The van der Waals surface area contributed by atoms with Gasteiger partial charge in [0.2, 0.25) is 0 Å². The number of pyridine rings is 2. The van der Waals surface area contributed by atoms with Crippen LogP contribution in [0, 0.1) is 0 Å². The lowest BCUT2D eigenvalue weighted by Gasteiger charge is -2.06. The Hall–Kier alpha value is -1.94. The molecule has 0 bridgehead atoms. The lowest BCUT2D eigenvalue weighted by atomic mass is 10.1. The summed E-state index contributed by atoms with van der Waals surface area (Å²) in [6, 6.07) is 7.00. The normalized spacial score (nSPS) is 10.1. The molecule has 0 N–H and O–H groups in total. The molecule has 0 aliphatic carbocycles. The molecule has 0 spiro atoms. The molecule has 18 heavy (non-hydrogen) atoms. The van der Waals surface area contributed by atoms with Crippen LogP contribution < -0.4 is 0 Å².